The number of benzene rings is 2. The van der Waals surface area contributed by atoms with Gasteiger partial charge in [-0.3, -0.25) is 9.59 Å². The summed E-state index contributed by atoms with van der Waals surface area (Å²) in [4.78, 5) is 27.6. The predicted molar refractivity (Wildman–Crippen MR) is 130 cm³/mol. The van der Waals surface area contributed by atoms with E-state index in [1.807, 2.05) is 69.3 Å². The molecule has 0 aliphatic carbocycles. The lowest BCUT2D eigenvalue weighted by atomic mass is 10.1. The van der Waals surface area contributed by atoms with Gasteiger partial charge in [0.15, 0.2) is 0 Å². The van der Waals surface area contributed by atoms with E-state index in [0.29, 0.717) is 12.3 Å². The second-order valence-electron chi connectivity index (χ2n) is 8.63. The summed E-state index contributed by atoms with van der Waals surface area (Å²) in [7, 11) is 3.24. The maximum atomic E-state index is 13.2. The third-order valence-electron chi connectivity index (χ3n) is 4.81. The summed E-state index contributed by atoms with van der Waals surface area (Å²) >= 11 is 1.53. The number of carbonyl (C=O) groups is 2. The lowest BCUT2D eigenvalue weighted by molar-refractivity contribution is -0.139. The summed E-state index contributed by atoms with van der Waals surface area (Å²) in [6.45, 7) is 7.88. The van der Waals surface area contributed by atoms with E-state index in [4.69, 9.17) is 9.47 Å². The third kappa shape index (κ3) is 8.11. The van der Waals surface area contributed by atoms with Crippen LogP contribution in [0.5, 0.6) is 11.5 Å². The standard InChI is InChI=1S/C25H34N2O4S/c1-18(24(29)26-25(2,3)4)27(15-20-8-7-9-22(14-20)31-6)23(28)17-32-16-19-10-12-21(30-5)13-11-19/h7-14,18H,15-17H2,1-6H3,(H,26,29). The van der Waals surface area contributed by atoms with Crippen molar-refractivity contribution in [2.45, 2.75) is 51.6 Å². The Kier molecular flexibility index (Phi) is 9.44. The van der Waals surface area contributed by atoms with E-state index in [2.05, 4.69) is 5.32 Å². The first kappa shape index (κ1) is 25.6. The Morgan fingerprint density at radius 2 is 1.66 bits per heavy atom. The number of nitrogens with one attached hydrogen (secondary N) is 1. The minimum Gasteiger partial charge on any atom is -0.497 e. The van der Waals surface area contributed by atoms with E-state index in [0.717, 1.165) is 22.6 Å². The zero-order chi connectivity index (χ0) is 23.7. The van der Waals surface area contributed by atoms with E-state index in [1.54, 1.807) is 26.0 Å². The molecule has 0 aliphatic heterocycles. The fourth-order valence-electron chi connectivity index (χ4n) is 3.09. The van der Waals surface area contributed by atoms with Gasteiger partial charge in [-0.2, -0.15) is 0 Å². The molecule has 2 aromatic rings. The van der Waals surface area contributed by atoms with Crippen LogP contribution in [0.2, 0.25) is 0 Å². The maximum Gasteiger partial charge on any atom is 0.242 e. The molecular formula is C25H34N2O4S. The molecule has 0 radical (unpaired) electrons. The van der Waals surface area contributed by atoms with Crippen LogP contribution in [0.3, 0.4) is 0 Å². The van der Waals surface area contributed by atoms with Crippen molar-refractivity contribution in [1.82, 2.24) is 10.2 Å². The Bertz CT molecular complexity index is 894. The van der Waals surface area contributed by atoms with Gasteiger partial charge in [0.2, 0.25) is 11.8 Å². The molecule has 0 saturated carbocycles. The Morgan fingerprint density at radius 1 is 1.00 bits per heavy atom. The van der Waals surface area contributed by atoms with Crippen molar-refractivity contribution < 1.29 is 19.1 Å². The smallest absolute Gasteiger partial charge is 0.242 e. The predicted octanol–water partition coefficient (Wildman–Crippen LogP) is 4.27. The van der Waals surface area contributed by atoms with Crippen LogP contribution in [0, 0.1) is 0 Å². The Labute approximate surface area is 195 Å². The van der Waals surface area contributed by atoms with Gasteiger partial charge >= 0.3 is 0 Å². The number of hydrogen-bond donors (Lipinski definition) is 1. The van der Waals surface area contributed by atoms with Crippen LogP contribution >= 0.6 is 11.8 Å². The zero-order valence-corrected chi connectivity index (χ0v) is 20.6. The number of carbonyl (C=O) groups excluding carboxylic acids is 2. The average Bonchev–Trinajstić information content (AvgIpc) is 2.76. The highest BCUT2D eigenvalue weighted by Crippen LogP contribution is 2.20. The molecule has 0 bridgehead atoms. The number of ether oxygens (including phenoxy) is 2. The number of rotatable bonds is 10. The minimum atomic E-state index is -0.602. The molecule has 0 fully saturated rings. The highest BCUT2D eigenvalue weighted by atomic mass is 32.2. The molecule has 1 atom stereocenters. The van der Waals surface area contributed by atoms with E-state index in [-0.39, 0.29) is 23.1 Å². The van der Waals surface area contributed by atoms with Crippen LogP contribution in [0.1, 0.15) is 38.8 Å². The largest absolute Gasteiger partial charge is 0.497 e. The average molecular weight is 459 g/mol. The van der Waals surface area contributed by atoms with Gasteiger partial charge in [-0.05, 0) is 63.1 Å². The van der Waals surface area contributed by atoms with E-state index < -0.39 is 6.04 Å². The fraction of sp³-hybridized carbons (Fsp3) is 0.440. The van der Waals surface area contributed by atoms with Crippen molar-refractivity contribution in [3.63, 3.8) is 0 Å². The molecule has 0 aliphatic rings. The molecule has 2 rings (SSSR count). The van der Waals surface area contributed by atoms with Crippen LogP contribution in [-0.4, -0.2) is 48.3 Å². The topological polar surface area (TPSA) is 67.9 Å². The number of methoxy groups -OCH3 is 2. The Balaban J connectivity index is 2.10. The maximum absolute atomic E-state index is 13.2. The molecule has 2 amide bonds. The van der Waals surface area contributed by atoms with Gasteiger partial charge in [0.05, 0.1) is 20.0 Å². The fourth-order valence-corrected chi connectivity index (χ4v) is 3.96. The molecule has 0 heterocycles. The van der Waals surface area contributed by atoms with E-state index >= 15 is 0 Å². The monoisotopic (exact) mass is 458 g/mol. The van der Waals surface area contributed by atoms with Crippen LogP contribution in [-0.2, 0) is 21.9 Å². The number of amides is 2. The summed E-state index contributed by atoms with van der Waals surface area (Å²) in [5.74, 6) is 2.25. The Hall–Kier alpha value is -2.67. The number of hydrogen-bond acceptors (Lipinski definition) is 5. The van der Waals surface area contributed by atoms with Crippen molar-refractivity contribution in [2.24, 2.45) is 0 Å². The van der Waals surface area contributed by atoms with Crippen molar-refractivity contribution in [3.05, 3.63) is 59.7 Å². The van der Waals surface area contributed by atoms with Crippen LogP contribution in [0.4, 0.5) is 0 Å². The number of nitrogens with zero attached hydrogens (tertiary/aromatic N) is 1. The van der Waals surface area contributed by atoms with Crippen molar-refractivity contribution in [3.8, 4) is 11.5 Å². The van der Waals surface area contributed by atoms with Gasteiger partial charge in [0, 0.05) is 17.8 Å². The van der Waals surface area contributed by atoms with Crippen molar-refractivity contribution in [2.75, 3.05) is 20.0 Å². The molecule has 0 saturated heterocycles. The lowest BCUT2D eigenvalue weighted by Gasteiger charge is -2.31. The number of thioether (sulfide) groups is 1. The zero-order valence-electron chi connectivity index (χ0n) is 19.8. The van der Waals surface area contributed by atoms with Crippen LogP contribution < -0.4 is 14.8 Å². The second-order valence-corrected chi connectivity index (χ2v) is 9.61. The molecule has 0 aromatic heterocycles. The van der Waals surface area contributed by atoms with Crippen molar-refractivity contribution in [1.29, 1.82) is 0 Å². The normalized spacial score (nSPS) is 12.1. The SMILES string of the molecule is COc1ccc(CSCC(=O)N(Cc2cccc(OC)c2)C(C)C(=O)NC(C)(C)C)cc1. The summed E-state index contributed by atoms with van der Waals surface area (Å²) in [6, 6.07) is 14.8. The third-order valence-corrected chi connectivity index (χ3v) is 5.79. The highest BCUT2D eigenvalue weighted by molar-refractivity contribution is 7.99. The highest BCUT2D eigenvalue weighted by Gasteiger charge is 2.28. The van der Waals surface area contributed by atoms with Gasteiger partial charge in [0.25, 0.3) is 0 Å². The molecular weight excluding hydrogens is 424 g/mol. The first-order valence-corrected chi connectivity index (χ1v) is 11.7. The lowest BCUT2D eigenvalue weighted by Crippen LogP contribution is -2.52. The first-order valence-electron chi connectivity index (χ1n) is 10.6. The Morgan fingerprint density at radius 3 is 2.25 bits per heavy atom. The summed E-state index contributed by atoms with van der Waals surface area (Å²) in [6.07, 6.45) is 0. The summed E-state index contributed by atoms with van der Waals surface area (Å²) < 4.78 is 10.5. The molecule has 174 valence electrons. The molecule has 32 heavy (non-hydrogen) atoms. The molecule has 7 heteroatoms. The van der Waals surface area contributed by atoms with Crippen LogP contribution in [0.25, 0.3) is 0 Å². The first-order chi connectivity index (χ1) is 15.1. The molecule has 1 N–H and O–H groups in total. The van der Waals surface area contributed by atoms with Gasteiger partial charge in [-0.15, -0.1) is 11.8 Å². The molecule has 6 nitrogen and oxygen atoms in total. The second kappa shape index (κ2) is 11.8. The molecule has 0 spiro atoms. The van der Waals surface area contributed by atoms with E-state index in [1.165, 1.54) is 11.8 Å². The molecule has 2 aromatic carbocycles. The summed E-state index contributed by atoms with van der Waals surface area (Å²) in [5.41, 5.74) is 1.65. The van der Waals surface area contributed by atoms with Gasteiger partial charge in [0.1, 0.15) is 17.5 Å². The van der Waals surface area contributed by atoms with Gasteiger partial charge < -0.3 is 19.7 Å². The van der Waals surface area contributed by atoms with Gasteiger partial charge in [-0.25, -0.2) is 0 Å². The van der Waals surface area contributed by atoms with E-state index in [9.17, 15) is 9.59 Å². The minimum absolute atomic E-state index is 0.0807. The summed E-state index contributed by atoms with van der Waals surface area (Å²) in [5, 5.41) is 2.98. The van der Waals surface area contributed by atoms with Crippen molar-refractivity contribution >= 4 is 23.6 Å². The molecule has 1 unspecified atom stereocenters. The van der Waals surface area contributed by atoms with Gasteiger partial charge in [-0.1, -0.05) is 24.3 Å². The quantitative estimate of drug-likeness (QED) is 0.576. The van der Waals surface area contributed by atoms with Crippen LogP contribution in [0.15, 0.2) is 48.5 Å².